The van der Waals surface area contributed by atoms with Gasteiger partial charge in [0.2, 0.25) is 0 Å². The van der Waals surface area contributed by atoms with Gasteiger partial charge >= 0.3 is 5.97 Å². The first-order valence-electron chi connectivity index (χ1n) is 8.95. The first-order valence-corrected chi connectivity index (χ1v) is 9.94. The average Bonchev–Trinajstić information content (AvgIpc) is 3.52. The van der Waals surface area contributed by atoms with E-state index >= 15 is 0 Å². The second-order valence-corrected chi connectivity index (χ2v) is 7.37. The largest absolute Gasteiger partial charge is 0.497 e. The lowest BCUT2D eigenvalue weighted by Crippen LogP contribution is -2.03. The maximum Gasteiger partial charge on any atom is 0.335 e. The van der Waals surface area contributed by atoms with E-state index < -0.39 is 5.97 Å². The summed E-state index contributed by atoms with van der Waals surface area (Å²) in [4.78, 5) is 16.4. The summed E-state index contributed by atoms with van der Waals surface area (Å²) < 4.78 is 5.20. The maximum absolute atomic E-state index is 11.5. The third-order valence-electron chi connectivity index (χ3n) is 4.44. The Balaban J connectivity index is 1.79. The zero-order chi connectivity index (χ0) is 19.2. The molecule has 0 saturated heterocycles. The van der Waals surface area contributed by atoms with Crippen molar-refractivity contribution < 1.29 is 14.6 Å². The highest BCUT2D eigenvalue weighted by atomic mass is 32.2. The number of hydrogen-bond donors (Lipinski definition) is 1. The van der Waals surface area contributed by atoms with Crippen LogP contribution in [-0.2, 0) is 10.5 Å². The van der Waals surface area contributed by atoms with E-state index in [9.17, 15) is 9.90 Å². The summed E-state index contributed by atoms with van der Waals surface area (Å²) >= 11 is 1.70. The number of nitrogens with zero attached hydrogens (tertiary/aromatic N) is 1. The highest BCUT2D eigenvalue weighted by molar-refractivity contribution is 8.13. The third kappa shape index (κ3) is 5.01. The Kier molecular flexibility index (Phi) is 6.35. The first kappa shape index (κ1) is 19.2. The Bertz CT molecular complexity index is 867. The Morgan fingerprint density at radius 1 is 1.22 bits per heavy atom. The first-order chi connectivity index (χ1) is 13.1. The topological polar surface area (TPSA) is 58.9 Å². The van der Waals surface area contributed by atoms with Crippen LogP contribution in [0.1, 0.15) is 30.9 Å². The van der Waals surface area contributed by atoms with E-state index in [4.69, 9.17) is 9.73 Å². The van der Waals surface area contributed by atoms with Gasteiger partial charge in [0.05, 0.1) is 23.4 Å². The van der Waals surface area contributed by atoms with Gasteiger partial charge in [0.15, 0.2) is 0 Å². The van der Waals surface area contributed by atoms with Crippen molar-refractivity contribution in [1.29, 1.82) is 0 Å². The van der Waals surface area contributed by atoms with Gasteiger partial charge in [-0.05, 0) is 55.2 Å². The standard InChI is InChI=1S/C22H23NO3S/c1-3-19(22(24)25)20-7-5-4-6-16(20)14-27-21(15-8-9-15)23-17-10-12-18(26-2)13-11-17/h3-7,10-13,15H,8-9,14H2,1-2H3,(H,24,25)/b19-3+,23-21?. The number of thioether (sulfide) groups is 1. The molecule has 27 heavy (non-hydrogen) atoms. The number of aliphatic carboxylic acids is 1. The van der Waals surface area contributed by atoms with Crippen LogP contribution < -0.4 is 4.74 Å². The van der Waals surface area contributed by atoms with Crippen molar-refractivity contribution in [3.63, 3.8) is 0 Å². The molecule has 2 aromatic carbocycles. The number of aliphatic imine (C=N–C) groups is 1. The number of allylic oxidation sites excluding steroid dienone is 1. The summed E-state index contributed by atoms with van der Waals surface area (Å²) in [7, 11) is 1.65. The van der Waals surface area contributed by atoms with E-state index in [1.807, 2.05) is 48.5 Å². The molecule has 4 nitrogen and oxygen atoms in total. The molecule has 0 heterocycles. The Morgan fingerprint density at radius 3 is 2.52 bits per heavy atom. The number of hydrogen-bond acceptors (Lipinski definition) is 4. The summed E-state index contributed by atoms with van der Waals surface area (Å²) in [6.45, 7) is 1.76. The number of ether oxygens (including phenoxy) is 1. The van der Waals surface area contributed by atoms with Crippen molar-refractivity contribution in [3.8, 4) is 5.75 Å². The molecule has 1 saturated carbocycles. The highest BCUT2D eigenvalue weighted by Crippen LogP contribution is 2.38. The molecule has 0 spiro atoms. The van der Waals surface area contributed by atoms with Gasteiger partial charge in [-0.2, -0.15) is 0 Å². The van der Waals surface area contributed by atoms with Gasteiger partial charge < -0.3 is 9.84 Å². The molecule has 0 bridgehead atoms. The summed E-state index contributed by atoms with van der Waals surface area (Å²) in [5, 5.41) is 10.6. The highest BCUT2D eigenvalue weighted by Gasteiger charge is 2.28. The zero-order valence-electron chi connectivity index (χ0n) is 15.5. The summed E-state index contributed by atoms with van der Waals surface area (Å²) in [6.07, 6.45) is 3.98. The minimum absolute atomic E-state index is 0.339. The smallest absolute Gasteiger partial charge is 0.335 e. The molecular weight excluding hydrogens is 358 g/mol. The van der Waals surface area contributed by atoms with Crippen molar-refractivity contribution in [2.75, 3.05) is 7.11 Å². The van der Waals surface area contributed by atoms with Crippen LogP contribution in [0.25, 0.3) is 5.57 Å². The van der Waals surface area contributed by atoms with Crippen LogP contribution in [0, 0.1) is 5.92 Å². The van der Waals surface area contributed by atoms with Crippen LogP contribution in [0.15, 0.2) is 59.6 Å². The molecule has 1 aliphatic rings. The summed E-state index contributed by atoms with van der Waals surface area (Å²) in [5.41, 5.74) is 3.05. The lowest BCUT2D eigenvalue weighted by Gasteiger charge is -2.11. The molecule has 0 amide bonds. The Labute approximate surface area is 164 Å². The number of carbonyl (C=O) groups is 1. The quantitative estimate of drug-likeness (QED) is 0.388. The van der Waals surface area contributed by atoms with E-state index in [2.05, 4.69) is 0 Å². The Morgan fingerprint density at radius 2 is 1.93 bits per heavy atom. The molecule has 140 valence electrons. The molecule has 0 unspecified atom stereocenters. The fourth-order valence-electron chi connectivity index (χ4n) is 2.81. The van der Waals surface area contributed by atoms with Crippen LogP contribution in [-0.4, -0.2) is 23.2 Å². The fraction of sp³-hybridized carbons (Fsp3) is 0.273. The van der Waals surface area contributed by atoms with Gasteiger partial charge in [-0.25, -0.2) is 9.79 Å². The van der Waals surface area contributed by atoms with Gasteiger partial charge in [0.1, 0.15) is 5.75 Å². The van der Waals surface area contributed by atoms with Gasteiger partial charge in [-0.1, -0.05) is 30.3 Å². The second kappa shape index (κ2) is 8.91. The zero-order valence-corrected chi connectivity index (χ0v) is 16.3. The van der Waals surface area contributed by atoms with Crippen molar-refractivity contribution in [2.45, 2.75) is 25.5 Å². The van der Waals surface area contributed by atoms with E-state index in [1.165, 1.54) is 12.8 Å². The van der Waals surface area contributed by atoms with Crippen molar-refractivity contribution in [1.82, 2.24) is 0 Å². The number of benzene rings is 2. The van der Waals surface area contributed by atoms with Crippen molar-refractivity contribution >= 4 is 34.0 Å². The predicted molar refractivity (Wildman–Crippen MR) is 112 cm³/mol. The van der Waals surface area contributed by atoms with Gasteiger partial charge in [-0.15, -0.1) is 11.8 Å². The molecule has 1 N–H and O–H groups in total. The molecule has 0 aliphatic heterocycles. The minimum Gasteiger partial charge on any atom is -0.497 e. The summed E-state index contributed by atoms with van der Waals surface area (Å²) in [6, 6.07) is 15.4. The lowest BCUT2D eigenvalue weighted by atomic mass is 10.0. The van der Waals surface area contributed by atoms with Crippen molar-refractivity contribution in [2.24, 2.45) is 10.9 Å². The molecule has 0 atom stereocenters. The SMILES string of the molecule is C/C=C(/C(=O)O)c1ccccc1CSC(=Nc1ccc(OC)cc1)C1CC1. The van der Waals surface area contributed by atoms with Crippen molar-refractivity contribution in [3.05, 3.63) is 65.7 Å². The normalized spacial score (nSPS) is 14.9. The maximum atomic E-state index is 11.5. The molecular formula is C22H23NO3S. The number of rotatable bonds is 7. The van der Waals surface area contributed by atoms with Crippen LogP contribution >= 0.6 is 11.8 Å². The number of methoxy groups -OCH3 is 1. The van der Waals surface area contributed by atoms with E-state index in [0.717, 1.165) is 27.6 Å². The summed E-state index contributed by atoms with van der Waals surface area (Å²) in [5.74, 6) is 1.14. The molecule has 2 aromatic rings. The van der Waals surface area contributed by atoms with Gasteiger partial charge in [-0.3, -0.25) is 0 Å². The van der Waals surface area contributed by atoms with Crippen LogP contribution in [0.3, 0.4) is 0 Å². The van der Waals surface area contributed by atoms with Gasteiger partial charge in [0.25, 0.3) is 0 Å². The molecule has 1 fully saturated rings. The fourth-order valence-corrected chi connectivity index (χ4v) is 4.01. The predicted octanol–water partition coefficient (Wildman–Crippen LogP) is 5.56. The number of carboxylic acid groups (broad SMARTS) is 1. The second-order valence-electron chi connectivity index (χ2n) is 6.38. The van der Waals surface area contributed by atoms with Gasteiger partial charge in [0, 0.05) is 11.7 Å². The molecule has 0 radical (unpaired) electrons. The van der Waals surface area contributed by atoms with Crippen LogP contribution in [0.4, 0.5) is 5.69 Å². The minimum atomic E-state index is -0.899. The molecule has 1 aliphatic carbocycles. The molecule has 5 heteroatoms. The Hall–Kier alpha value is -2.53. The van der Waals surface area contributed by atoms with E-state index in [-0.39, 0.29) is 0 Å². The van der Waals surface area contributed by atoms with E-state index in [0.29, 0.717) is 17.2 Å². The van der Waals surface area contributed by atoms with Crippen LogP contribution in [0.2, 0.25) is 0 Å². The lowest BCUT2D eigenvalue weighted by molar-refractivity contribution is -0.130. The van der Waals surface area contributed by atoms with Crippen LogP contribution in [0.5, 0.6) is 5.75 Å². The average molecular weight is 381 g/mol. The molecule has 3 rings (SSSR count). The number of carboxylic acids is 1. The third-order valence-corrected chi connectivity index (χ3v) is 5.62. The molecule has 0 aromatic heterocycles. The van der Waals surface area contributed by atoms with E-state index in [1.54, 1.807) is 31.9 Å². The monoisotopic (exact) mass is 381 g/mol.